The van der Waals surface area contributed by atoms with Crippen LogP contribution in [0.25, 0.3) is 11.0 Å². The maximum Gasteiger partial charge on any atom is 0.247 e. The van der Waals surface area contributed by atoms with Crippen molar-refractivity contribution in [2.75, 3.05) is 6.26 Å². The van der Waals surface area contributed by atoms with Crippen LogP contribution in [0.3, 0.4) is 0 Å². The smallest absolute Gasteiger partial charge is 0.233 e. The molecule has 0 aliphatic carbocycles. The Hall–Kier alpha value is -1.34. The fraction of sp³-hybridized carbons (Fsp3) is 0.143. The van der Waals surface area contributed by atoms with Crippen LogP contribution in [0, 0.1) is 0 Å². The highest BCUT2D eigenvalue weighted by atomic mass is 35.5. The zero-order valence-electron chi connectivity index (χ0n) is 7.55. The van der Waals surface area contributed by atoms with Crippen LogP contribution in [0.2, 0.25) is 5.15 Å². The number of rotatable bonds is 1. The van der Waals surface area contributed by atoms with E-state index in [1.165, 1.54) is 12.5 Å². The molecule has 78 valence electrons. The van der Waals surface area contributed by atoms with Crippen molar-refractivity contribution < 1.29 is 8.42 Å². The largest absolute Gasteiger partial charge is 0.247 e. The first-order valence-corrected chi connectivity index (χ1v) is 6.09. The number of halogens is 1. The van der Waals surface area contributed by atoms with Crippen LogP contribution in [0.5, 0.6) is 0 Å². The molecule has 0 fully saturated rings. The molecule has 0 aliphatic heterocycles. The summed E-state index contributed by atoms with van der Waals surface area (Å²) in [4.78, 5) is 15.0. The molecule has 0 saturated carbocycles. The molecule has 2 heterocycles. The lowest BCUT2D eigenvalue weighted by molar-refractivity contribution is 0.593. The van der Waals surface area contributed by atoms with E-state index in [0.29, 0.717) is 5.52 Å². The van der Waals surface area contributed by atoms with Gasteiger partial charge in [0.15, 0.2) is 5.15 Å². The van der Waals surface area contributed by atoms with E-state index in [4.69, 9.17) is 11.6 Å². The van der Waals surface area contributed by atoms with Crippen LogP contribution in [-0.2, 0) is 9.84 Å². The van der Waals surface area contributed by atoms with Crippen molar-refractivity contribution in [2.45, 2.75) is 5.16 Å². The van der Waals surface area contributed by atoms with Gasteiger partial charge >= 0.3 is 0 Å². The van der Waals surface area contributed by atoms with Gasteiger partial charge in [0.05, 0.1) is 6.20 Å². The summed E-state index contributed by atoms with van der Waals surface area (Å²) in [5.41, 5.74) is 0.636. The topological polar surface area (TPSA) is 85.7 Å². The zero-order chi connectivity index (χ0) is 11.1. The zero-order valence-corrected chi connectivity index (χ0v) is 9.12. The first-order chi connectivity index (χ1) is 6.98. The second kappa shape index (κ2) is 3.35. The van der Waals surface area contributed by atoms with Gasteiger partial charge in [-0.25, -0.2) is 28.4 Å². The van der Waals surface area contributed by atoms with Crippen LogP contribution < -0.4 is 0 Å². The highest BCUT2D eigenvalue weighted by Gasteiger charge is 2.13. The maximum absolute atomic E-state index is 11.2. The Morgan fingerprint density at radius 1 is 1.27 bits per heavy atom. The van der Waals surface area contributed by atoms with Crippen molar-refractivity contribution >= 4 is 32.5 Å². The monoisotopic (exact) mass is 244 g/mol. The molecule has 0 amide bonds. The van der Waals surface area contributed by atoms with Crippen molar-refractivity contribution in [3.05, 3.63) is 17.7 Å². The third kappa shape index (κ3) is 1.88. The molecular weight excluding hydrogens is 240 g/mol. The number of aromatic nitrogens is 4. The van der Waals surface area contributed by atoms with Crippen LogP contribution in [0.1, 0.15) is 0 Å². The van der Waals surface area contributed by atoms with Crippen LogP contribution >= 0.6 is 11.6 Å². The molecule has 0 saturated heterocycles. The third-order valence-corrected chi connectivity index (χ3v) is 2.78. The predicted octanol–water partition coefficient (Wildman–Crippen LogP) is 0.477. The summed E-state index contributed by atoms with van der Waals surface area (Å²) < 4.78 is 22.4. The molecule has 2 aromatic rings. The van der Waals surface area contributed by atoms with E-state index in [-0.39, 0.29) is 15.8 Å². The number of fused-ring (bicyclic) bond motifs is 1. The highest BCUT2D eigenvalue weighted by molar-refractivity contribution is 7.90. The van der Waals surface area contributed by atoms with Crippen LogP contribution in [0.4, 0.5) is 0 Å². The number of hydrogen-bond acceptors (Lipinski definition) is 6. The van der Waals surface area contributed by atoms with Crippen LogP contribution in [-0.4, -0.2) is 34.6 Å². The summed E-state index contributed by atoms with van der Waals surface area (Å²) >= 11 is 5.74. The standard InChI is InChI=1S/C7H5ClN4O2S/c1-15(13,14)7-9-2-4-5(12-7)6(8)11-3-10-4/h2-3H,1H3. The Kier molecular flexibility index (Phi) is 2.28. The summed E-state index contributed by atoms with van der Waals surface area (Å²) in [7, 11) is -3.45. The summed E-state index contributed by atoms with van der Waals surface area (Å²) in [6, 6.07) is 0. The Labute approximate surface area is 90.3 Å². The summed E-state index contributed by atoms with van der Waals surface area (Å²) in [6.45, 7) is 0. The second-order valence-electron chi connectivity index (χ2n) is 2.82. The van der Waals surface area contributed by atoms with Gasteiger partial charge in [0, 0.05) is 6.26 Å². The molecule has 6 nitrogen and oxygen atoms in total. The summed E-state index contributed by atoms with van der Waals surface area (Å²) in [6.07, 6.45) is 3.58. The molecule has 15 heavy (non-hydrogen) atoms. The second-order valence-corrected chi connectivity index (χ2v) is 5.09. The van der Waals surface area contributed by atoms with Gasteiger partial charge in [-0.05, 0) is 0 Å². The van der Waals surface area contributed by atoms with Gasteiger partial charge in [0.1, 0.15) is 17.4 Å². The van der Waals surface area contributed by atoms with E-state index < -0.39 is 9.84 Å². The minimum atomic E-state index is -3.45. The van der Waals surface area contributed by atoms with Gasteiger partial charge in [0.25, 0.3) is 0 Å². The minimum absolute atomic E-state index is 0.104. The van der Waals surface area contributed by atoms with Crippen molar-refractivity contribution in [1.29, 1.82) is 0 Å². The highest BCUT2D eigenvalue weighted by Crippen LogP contribution is 2.16. The molecule has 8 heteroatoms. The average Bonchev–Trinajstić information content (AvgIpc) is 2.16. The molecule has 2 rings (SSSR count). The van der Waals surface area contributed by atoms with Gasteiger partial charge in [-0.2, -0.15) is 0 Å². The Balaban J connectivity index is 2.81. The lowest BCUT2D eigenvalue weighted by Gasteiger charge is -1.99. The fourth-order valence-electron chi connectivity index (χ4n) is 0.987. The van der Waals surface area contributed by atoms with E-state index in [9.17, 15) is 8.42 Å². The lowest BCUT2D eigenvalue weighted by Crippen LogP contribution is -2.04. The van der Waals surface area contributed by atoms with Crippen molar-refractivity contribution in [3.63, 3.8) is 0 Å². The summed E-state index contributed by atoms with van der Waals surface area (Å²) in [5, 5.41) is -0.181. The maximum atomic E-state index is 11.2. The molecule has 2 aromatic heterocycles. The minimum Gasteiger partial charge on any atom is -0.233 e. The fourth-order valence-corrected chi connectivity index (χ4v) is 1.67. The van der Waals surface area contributed by atoms with E-state index >= 15 is 0 Å². The normalized spacial score (nSPS) is 11.9. The van der Waals surface area contributed by atoms with E-state index in [1.807, 2.05) is 0 Å². The molecule has 0 unspecified atom stereocenters. The number of nitrogens with zero attached hydrogens (tertiary/aromatic N) is 4. The molecular formula is C7H5ClN4O2S. The first kappa shape index (κ1) is 10.2. The molecule has 0 aromatic carbocycles. The van der Waals surface area contributed by atoms with Crippen molar-refractivity contribution in [2.24, 2.45) is 0 Å². The lowest BCUT2D eigenvalue weighted by atomic mass is 10.4. The molecule has 0 atom stereocenters. The van der Waals surface area contributed by atoms with Gasteiger partial charge in [0.2, 0.25) is 15.0 Å². The van der Waals surface area contributed by atoms with Gasteiger partial charge in [-0.1, -0.05) is 11.6 Å². The van der Waals surface area contributed by atoms with Crippen molar-refractivity contribution in [3.8, 4) is 0 Å². The van der Waals surface area contributed by atoms with Crippen LogP contribution in [0.15, 0.2) is 17.7 Å². The van der Waals surface area contributed by atoms with Gasteiger partial charge in [-0.3, -0.25) is 0 Å². The summed E-state index contributed by atoms with van der Waals surface area (Å²) in [5.74, 6) is 0. The predicted molar refractivity (Wildman–Crippen MR) is 53.2 cm³/mol. The average molecular weight is 245 g/mol. The van der Waals surface area contributed by atoms with E-state index in [2.05, 4.69) is 19.9 Å². The molecule has 0 aliphatic rings. The first-order valence-electron chi connectivity index (χ1n) is 3.82. The SMILES string of the molecule is CS(=O)(=O)c1ncc2ncnc(Cl)c2n1. The number of sulfone groups is 1. The van der Waals surface area contributed by atoms with E-state index in [1.54, 1.807) is 0 Å². The van der Waals surface area contributed by atoms with Gasteiger partial charge in [-0.15, -0.1) is 0 Å². The quantitative estimate of drug-likeness (QED) is 0.536. The van der Waals surface area contributed by atoms with Gasteiger partial charge < -0.3 is 0 Å². The van der Waals surface area contributed by atoms with E-state index in [0.717, 1.165) is 6.26 Å². The number of hydrogen-bond donors (Lipinski definition) is 0. The Morgan fingerprint density at radius 3 is 2.67 bits per heavy atom. The Morgan fingerprint density at radius 2 is 2.00 bits per heavy atom. The third-order valence-electron chi connectivity index (χ3n) is 1.64. The molecule has 0 bridgehead atoms. The Bertz CT molecular complexity index is 628. The molecule has 0 radical (unpaired) electrons. The molecule has 0 N–H and O–H groups in total. The molecule has 0 spiro atoms. The van der Waals surface area contributed by atoms with Crippen molar-refractivity contribution in [1.82, 2.24) is 19.9 Å².